The van der Waals surface area contributed by atoms with Crippen molar-refractivity contribution in [2.45, 2.75) is 31.3 Å². The fourth-order valence-electron chi connectivity index (χ4n) is 2.58. The molecule has 0 spiro atoms. The highest BCUT2D eigenvalue weighted by molar-refractivity contribution is 5.91. The Kier molecular flexibility index (Phi) is 3.15. The van der Waals surface area contributed by atoms with Crippen LogP contribution in [0, 0.1) is 5.92 Å². The second-order valence-electron chi connectivity index (χ2n) is 4.43. The van der Waals surface area contributed by atoms with E-state index in [-0.39, 0.29) is 5.97 Å². The summed E-state index contributed by atoms with van der Waals surface area (Å²) in [5.41, 5.74) is 0.119. The third kappa shape index (κ3) is 1.80. The lowest BCUT2D eigenvalue weighted by Crippen LogP contribution is -2.39. The Balaban J connectivity index is 2.39. The van der Waals surface area contributed by atoms with Gasteiger partial charge in [-0.15, -0.1) is 0 Å². The van der Waals surface area contributed by atoms with Crippen molar-refractivity contribution in [2.24, 2.45) is 5.92 Å². The fourth-order valence-corrected chi connectivity index (χ4v) is 2.58. The molecule has 0 saturated carbocycles. The van der Waals surface area contributed by atoms with Crippen molar-refractivity contribution in [3.8, 4) is 0 Å². The van der Waals surface area contributed by atoms with Crippen LogP contribution in [0.1, 0.15) is 25.7 Å². The van der Waals surface area contributed by atoms with Crippen molar-refractivity contribution in [1.82, 2.24) is 0 Å². The topological polar surface area (TPSA) is 35.5 Å². The van der Waals surface area contributed by atoms with E-state index in [0.29, 0.717) is 11.5 Å². The lowest BCUT2D eigenvalue weighted by molar-refractivity contribution is -0.138. The number of hydrogen-bond donors (Lipinski definition) is 0. The number of allylic oxidation sites excluding steroid dienone is 2. The molecule has 0 aromatic heterocycles. The normalized spacial score (nSPS) is 32.9. The van der Waals surface area contributed by atoms with Gasteiger partial charge >= 0.3 is 5.97 Å². The number of methoxy groups -OCH3 is 2. The first kappa shape index (κ1) is 11.4. The number of carbonyl (C=O) groups excluding carboxylic acids is 1. The highest BCUT2D eigenvalue weighted by Crippen LogP contribution is 2.38. The monoisotopic (exact) mass is 222 g/mol. The number of carbonyl (C=O) groups is 1. The molecule has 0 N–H and O–H groups in total. The first-order valence-corrected chi connectivity index (χ1v) is 5.77. The van der Waals surface area contributed by atoms with Gasteiger partial charge in [0.2, 0.25) is 0 Å². The van der Waals surface area contributed by atoms with Gasteiger partial charge in [-0.2, -0.15) is 0 Å². The quantitative estimate of drug-likeness (QED) is 0.531. The maximum atomic E-state index is 11.8. The minimum Gasteiger partial charge on any atom is -0.466 e. The lowest BCUT2D eigenvalue weighted by atomic mass is 9.77. The van der Waals surface area contributed by atoms with Gasteiger partial charge in [0, 0.05) is 7.11 Å². The summed E-state index contributed by atoms with van der Waals surface area (Å²) in [4.78, 5) is 11.8. The molecule has 0 saturated heterocycles. The van der Waals surface area contributed by atoms with Crippen LogP contribution in [-0.2, 0) is 14.3 Å². The van der Waals surface area contributed by atoms with Gasteiger partial charge < -0.3 is 9.47 Å². The summed E-state index contributed by atoms with van der Waals surface area (Å²) >= 11 is 0. The Bertz CT molecular complexity index is 343. The Labute approximate surface area is 96.1 Å². The van der Waals surface area contributed by atoms with Crippen LogP contribution in [0.25, 0.3) is 0 Å². The summed E-state index contributed by atoms with van der Waals surface area (Å²) in [6.45, 7) is 0. The van der Waals surface area contributed by atoms with Crippen LogP contribution in [0.3, 0.4) is 0 Å². The minimum absolute atomic E-state index is 0.266. The van der Waals surface area contributed by atoms with Gasteiger partial charge in [0.05, 0.1) is 12.7 Å². The molecule has 0 aromatic rings. The minimum atomic E-state index is -0.552. The molecule has 0 amide bonds. The molecule has 0 aliphatic heterocycles. The van der Waals surface area contributed by atoms with Crippen LogP contribution in [0.5, 0.6) is 0 Å². The summed E-state index contributed by atoms with van der Waals surface area (Å²) in [5, 5.41) is 0. The first-order chi connectivity index (χ1) is 7.72. The average molecular weight is 222 g/mol. The molecule has 16 heavy (non-hydrogen) atoms. The molecule has 3 aliphatic carbocycles. The van der Waals surface area contributed by atoms with Crippen molar-refractivity contribution in [3.63, 3.8) is 0 Å². The van der Waals surface area contributed by atoms with E-state index in [1.54, 1.807) is 7.11 Å². The summed E-state index contributed by atoms with van der Waals surface area (Å²) in [6.07, 6.45) is 10.4. The van der Waals surface area contributed by atoms with Crippen LogP contribution < -0.4 is 0 Å². The van der Waals surface area contributed by atoms with Crippen molar-refractivity contribution in [3.05, 3.63) is 23.8 Å². The summed E-state index contributed by atoms with van der Waals surface area (Å²) in [7, 11) is 3.08. The Hall–Kier alpha value is -1.09. The highest BCUT2D eigenvalue weighted by Gasteiger charge is 2.39. The van der Waals surface area contributed by atoms with Gasteiger partial charge in [0.15, 0.2) is 0 Å². The maximum absolute atomic E-state index is 11.8. The molecule has 0 unspecified atom stereocenters. The summed E-state index contributed by atoms with van der Waals surface area (Å²) in [5.74, 6) is 0.0933. The fraction of sp³-hybridized carbons (Fsp3) is 0.615. The number of esters is 1. The second kappa shape index (κ2) is 4.42. The number of rotatable bonds is 2. The standard InChI is InChI=1S/C13H18O3/c1-15-12(14)11-9-10-5-3-4-7-13(11,16-2)8-6-10/h6,8-10H,3-5,7H2,1-2H3/t10-,13-/m1/s1. The smallest absolute Gasteiger partial charge is 0.336 e. The maximum Gasteiger partial charge on any atom is 0.336 e. The summed E-state index contributed by atoms with van der Waals surface area (Å²) < 4.78 is 10.4. The Morgan fingerprint density at radius 1 is 1.44 bits per heavy atom. The van der Waals surface area contributed by atoms with Gasteiger partial charge in [-0.1, -0.05) is 24.6 Å². The van der Waals surface area contributed by atoms with Gasteiger partial charge in [-0.3, -0.25) is 0 Å². The van der Waals surface area contributed by atoms with E-state index in [1.807, 2.05) is 12.2 Å². The molecule has 0 fully saturated rings. The van der Waals surface area contributed by atoms with Crippen molar-refractivity contribution in [1.29, 1.82) is 0 Å². The average Bonchev–Trinajstić information content (AvgIpc) is 2.29. The van der Waals surface area contributed by atoms with Crippen LogP contribution >= 0.6 is 0 Å². The third-order valence-electron chi connectivity index (χ3n) is 3.55. The molecule has 0 radical (unpaired) electrons. The molecule has 3 nitrogen and oxygen atoms in total. The van der Waals surface area contributed by atoms with Gasteiger partial charge in [-0.05, 0) is 25.2 Å². The van der Waals surface area contributed by atoms with Gasteiger partial charge in [-0.25, -0.2) is 4.79 Å². The number of ether oxygens (including phenoxy) is 2. The third-order valence-corrected chi connectivity index (χ3v) is 3.55. The van der Waals surface area contributed by atoms with Crippen LogP contribution in [0.15, 0.2) is 23.8 Å². The van der Waals surface area contributed by atoms with Crippen LogP contribution in [-0.4, -0.2) is 25.8 Å². The molecule has 3 heteroatoms. The van der Waals surface area contributed by atoms with Crippen LogP contribution in [0.4, 0.5) is 0 Å². The molecule has 0 heterocycles. The zero-order valence-electron chi connectivity index (χ0n) is 9.86. The molecule has 0 aromatic carbocycles. The van der Waals surface area contributed by atoms with Crippen molar-refractivity contribution in [2.75, 3.05) is 14.2 Å². The zero-order valence-corrected chi connectivity index (χ0v) is 9.86. The molecular weight excluding hydrogens is 204 g/mol. The molecular formula is C13H18O3. The largest absolute Gasteiger partial charge is 0.466 e. The highest BCUT2D eigenvalue weighted by atomic mass is 16.5. The Morgan fingerprint density at radius 2 is 2.25 bits per heavy atom. The summed E-state index contributed by atoms with van der Waals surface area (Å²) in [6, 6.07) is 0. The van der Waals surface area contributed by atoms with E-state index in [9.17, 15) is 4.79 Å². The molecule has 2 atom stereocenters. The van der Waals surface area contributed by atoms with E-state index in [4.69, 9.17) is 9.47 Å². The molecule has 3 aliphatic rings. The SMILES string of the molecule is COC(=O)C1=C[C@H]2C=C[C@]1(OC)CCCC2. The predicted molar refractivity (Wildman–Crippen MR) is 60.9 cm³/mol. The zero-order chi connectivity index (χ0) is 11.6. The molecule has 3 rings (SSSR count). The van der Waals surface area contributed by atoms with Gasteiger partial charge in [0.1, 0.15) is 5.60 Å². The van der Waals surface area contributed by atoms with E-state index in [1.165, 1.54) is 13.5 Å². The van der Waals surface area contributed by atoms with E-state index in [0.717, 1.165) is 19.3 Å². The van der Waals surface area contributed by atoms with Crippen molar-refractivity contribution < 1.29 is 14.3 Å². The van der Waals surface area contributed by atoms with Gasteiger partial charge in [0.25, 0.3) is 0 Å². The lowest BCUT2D eigenvalue weighted by Gasteiger charge is -2.36. The first-order valence-electron chi connectivity index (χ1n) is 5.77. The predicted octanol–water partition coefficient (Wildman–Crippen LogP) is 2.23. The van der Waals surface area contributed by atoms with Crippen LogP contribution in [0.2, 0.25) is 0 Å². The molecule has 2 bridgehead atoms. The Morgan fingerprint density at radius 3 is 2.94 bits per heavy atom. The van der Waals surface area contributed by atoms with E-state index >= 15 is 0 Å². The second-order valence-corrected chi connectivity index (χ2v) is 4.43. The van der Waals surface area contributed by atoms with E-state index in [2.05, 4.69) is 6.08 Å². The molecule has 88 valence electrons. The number of fused-ring (bicyclic) bond motifs is 3. The van der Waals surface area contributed by atoms with E-state index < -0.39 is 5.60 Å². The van der Waals surface area contributed by atoms with Crippen molar-refractivity contribution >= 4 is 5.97 Å². The number of hydrogen-bond acceptors (Lipinski definition) is 3.